The minimum absolute atomic E-state index is 0.275. The summed E-state index contributed by atoms with van der Waals surface area (Å²) in [6.45, 7) is 10.1. The van der Waals surface area contributed by atoms with Crippen LogP contribution in [0.1, 0.15) is 12.0 Å². The van der Waals surface area contributed by atoms with Crippen molar-refractivity contribution in [1.82, 2.24) is 19.5 Å². The summed E-state index contributed by atoms with van der Waals surface area (Å²) < 4.78 is 7.97. The number of ether oxygens (including phenoxy) is 1. The van der Waals surface area contributed by atoms with Gasteiger partial charge in [-0.1, -0.05) is 19.6 Å². The highest BCUT2D eigenvalue weighted by Crippen LogP contribution is 2.27. The summed E-state index contributed by atoms with van der Waals surface area (Å²) >= 11 is 0. The maximum Gasteiger partial charge on any atom is 0.147 e. The van der Waals surface area contributed by atoms with Crippen LogP contribution >= 0.6 is 0 Å². The van der Waals surface area contributed by atoms with Crippen molar-refractivity contribution in [2.24, 2.45) is 0 Å². The van der Waals surface area contributed by atoms with E-state index in [2.05, 4.69) is 61.5 Å². The molecule has 0 spiro atoms. The summed E-state index contributed by atoms with van der Waals surface area (Å²) in [5, 5.41) is 13.4. The van der Waals surface area contributed by atoms with Crippen molar-refractivity contribution in [3.8, 4) is 6.07 Å². The third-order valence-electron chi connectivity index (χ3n) is 5.49. The smallest absolute Gasteiger partial charge is 0.147 e. The van der Waals surface area contributed by atoms with Crippen LogP contribution in [-0.4, -0.2) is 53.3 Å². The average molecular weight is 436 g/mol. The Morgan fingerprint density at radius 1 is 1.23 bits per heavy atom. The number of rotatable bonds is 8. The summed E-state index contributed by atoms with van der Waals surface area (Å²) in [5.41, 5.74) is 1.47. The summed E-state index contributed by atoms with van der Waals surface area (Å²) in [6, 6.07) is 9.24. The molecule has 162 valence electrons. The van der Waals surface area contributed by atoms with Crippen molar-refractivity contribution in [3.63, 3.8) is 0 Å². The highest BCUT2D eigenvalue weighted by Gasteiger charge is 2.25. The maximum atomic E-state index is 8.92. The quantitative estimate of drug-likeness (QED) is 0.426. The monoisotopic (exact) mass is 435 g/mol. The van der Waals surface area contributed by atoms with Crippen LogP contribution in [0.15, 0.2) is 36.9 Å². The van der Waals surface area contributed by atoms with Gasteiger partial charge in [0.25, 0.3) is 0 Å². The van der Waals surface area contributed by atoms with E-state index in [9.17, 15) is 0 Å². The van der Waals surface area contributed by atoms with Gasteiger partial charge in [-0.2, -0.15) is 5.26 Å². The number of anilines is 2. The first-order chi connectivity index (χ1) is 14.9. The average Bonchev–Trinajstić information content (AvgIpc) is 3.38. The van der Waals surface area contributed by atoms with Gasteiger partial charge in [-0.05, 0) is 30.7 Å². The zero-order chi connectivity index (χ0) is 21.8. The van der Waals surface area contributed by atoms with E-state index >= 15 is 0 Å². The van der Waals surface area contributed by atoms with Gasteiger partial charge in [-0.3, -0.25) is 0 Å². The highest BCUT2D eigenvalue weighted by atomic mass is 28.3. The molecule has 0 aromatic carbocycles. The molecule has 9 heteroatoms. The van der Waals surface area contributed by atoms with Crippen molar-refractivity contribution < 1.29 is 4.74 Å². The summed E-state index contributed by atoms with van der Waals surface area (Å²) in [6.07, 6.45) is 6.26. The molecule has 1 aliphatic rings. The van der Waals surface area contributed by atoms with E-state index in [1.54, 1.807) is 18.6 Å². The number of pyridine rings is 1. The van der Waals surface area contributed by atoms with Crippen LogP contribution in [0.5, 0.6) is 0 Å². The molecule has 4 rings (SSSR count). The van der Waals surface area contributed by atoms with Gasteiger partial charge in [0.05, 0.1) is 10.9 Å². The van der Waals surface area contributed by atoms with E-state index in [1.165, 1.54) is 0 Å². The number of nitrogens with zero attached hydrogens (tertiary/aromatic N) is 6. The molecule has 1 aliphatic heterocycles. The Labute approximate surface area is 183 Å². The van der Waals surface area contributed by atoms with E-state index in [0.717, 1.165) is 54.8 Å². The van der Waals surface area contributed by atoms with Gasteiger partial charge >= 0.3 is 0 Å². The fraction of sp³-hybridized carbons (Fsp3) is 0.455. The van der Waals surface area contributed by atoms with Crippen LogP contribution in [0.25, 0.3) is 11.0 Å². The standard InChI is InChI=1S/C22H29N7OSi/c1-31(2,3)11-10-30-16-29-9-7-19-21(25-15-26-22(19)29)28-8-6-18(14-28)27-20-5-4-17(12-23)13-24-20/h4-5,7,9,13,15,18H,6,8,10-11,14,16H2,1-3H3,(H,24,27). The highest BCUT2D eigenvalue weighted by molar-refractivity contribution is 6.76. The molecule has 3 aromatic heterocycles. The normalized spacial score (nSPS) is 16.6. The second-order valence-corrected chi connectivity index (χ2v) is 14.8. The fourth-order valence-electron chi connectivity index (χ4n) is 3.71. The molecule has 3 aromatic rings. The molecule has 1 atom stereocenters. The van der Waals surface area contributed by atoms with Crippen molar-refractivity contribution in [2.75, 3.05) is 29.9 Å². The first kappa shape index (κ1) is 21.3. The second kappa shape index (κ2) is 9.04. The third-order valence-corrected chi connectivity index (χ3v) is 7.20. The number of nitriles is 1. The number of hydrogen-bond donors (Lipinski definition) is 1. The molecule has 1 saturated heterocycles. The van der Waals surface area contributed by atoms with Gasteiger partial charge in [-0.15, -0.1) is 0 Å². The van der Waals surface area contributed by atoms with Crippen LogP contribution in [0.3, 0.4) is 0 Å². The Balaban J connectivity index is 1.40. The zero-order valence-electron chi connectivity index (χ0n) is 18.4. The minimum atomic E-state index is -1.09. The molecule has 0 radical (unpaired) electrons. The van der Waals surface area contributed by atoms with Gasteiger partial charge in [-0.25, -0.2) is 15.0 Å². The van der Waals surface area contributed by atoms with Crippen molar-refractivity contribution in [3.05, 3.63) is 42.5 Å². The van der Waals surface area contributed by atoms with Crippen molar-refractivity contribution >= 4 is 30.7 Å². The molecular formula is C22H29N7OSi. The predicted octanol–water partition coefficient (Wildman–Crippen LogP) is 3.70. The number of fused-ring (bicyclic) bond motifs is 1. The first-order valence-corrected chi connectivity index (χ1v) is 14.4. The van der Waals surface area contributed by atoms with Crippen LogP contribution in [0, 0.1) is 11.3 Å². The minimum Gasteiger partial charge on any atom is -0.365 e. The van der Waals surface area contributed by atoms with E-state index in [1.807, 2.05) is 12.3 Å². The Hall–Kier alpha value is -2.96. The lowest BCUT2D eigenvalue weighted by Crippen LogP contribution is -2.27. The molecule has 1 fully saturated rings. The predicted molar refractivity (Wildman–Crippen MR) is 125 cm³/mol. The van der Waals surface area contributed by atoms with Gasteiger partial charge in [0.15, 0.2) is 0 Å². The molecule has 0 bridgehead atoms. The third kappa shape index (κ3) is 5.21. The Morgan fingerprint density at radius 3 is 2.84 bits per heavy atom. The van der Waals surface area contributed by atoms with Crippen LogP contribution in [-0.2, 0) is 11.5 Å². The Bertz CT molecular complexity index is 1070. The lowest BCUT2D eigenvalue weighted by atomic mass is 10.2. The molecule has 4 heterocycles. The van der Waals surface area contributed by atoms with Crippen LogP contribution in [0.2, 0.25) is 25.7 Å². The lowest BCUT2D eigenvalue weighted by Gasteiger charge is -2.19. The molecular weight excluding hydrogens is 406 g/mol. The van der Waals surface area contributed by atoms with E-state index in [0.29, 0.717) is 12.3 Å². The number of aromatic nitrogens is 4. The van der Waals surface area contributed by atoms with Crippen molar-refractivity contribution in [1.29, 1.82) is 5.26 Å². The van der Waals surface area contributed by atoms with Crippen LogP contribution in [0.4, 0.5) is 11.6 Å². The molecule has 8 nitrogen and oxygen atoms in total. The number of nitrogens with one attached hydrogen (secondary N) is 1. The van der Waals surface area contributed by atoms with Gasteiger partial charge in [0, 0.05) is 46.2 Å². The topological polar surface area (TPSA) is 91.9 Å². The van der Waals surface area contributed by atoms with Crippen LogP contribution < -0.4 is 10.2 Å². The van der Waals surface area contributed by atoms with Gasteiger partial charge in [0.1, 0.15) is 36.4 Å². The Kier molecular flexibility index (Phi) is 6.20. The molecule has 0 saturated carbocycles. The SMILES string of the molecule is C[Si](C)(C)CCOCn1ccc2c(N3CCC(Nc4ccc(C#N)cn4)C3)ncnc21. The van der Waals surface area contributed by atoms with E-state index in [4.69, 9.17) is 10.00 Å². The maximum absolute atomic E-state index is 8.92. The van der Waals surface area contributed by atoms with Crippen molar-refractivity contribution in [2.45, 2.75) is 44.9 Å². The summed E-state index contributed by atoms with van der Waals surface area (Å²) in [5.74, 6) is 1.75. The molecule has 0 amide bonds. The molecule has 31 heavy (non-hydrogen) atoms. The molecule has 0 aliphatic carbocycles. The largest absolute Gasteiger partial charge is 0.365 e. The zero-order valence-corrected chi connectivity index (χ0v) is 19.4. The number of hydrogen-bond acceptors (Lipinski definition) is 7. The molecule has 1 unspecified atom stereocenters. The Morgan fingerprint density at radius 2 is 2.10 bits per heavy atom. The van der Waals surface area contributed by atoms with E-state index < -0.39 is 8.07 Å². The van der Waals surface area contributed by atoms with Gasteiger partial charge in [0.2, 0.25) is 0 Å². The van der Waals surface area contributed by atoms with E-state index in [-0.39, 0.29) is 6.04 Å². The first-order valence-electron chi connectivity index (χ1n) is 10.7. The lowest BCUT2D eigenvalue weighted by molar-refractivity contribution is 0.0899. The fourth-order valence-corrected chi connectivity index (χ4v) is 4.47. The second-order valence-electron chi connectivity index (χ2n) is 9.19. The summed E-state index contributed by atoms with van der Waals surface area (Å²) in [7, 11) is -1.09. The molecule has 1 N–H and O–H groups in total. The summed E-state index contributed by atoms with van der Waals surface area (Å²) in [4.78, 5) is 15.7. The van der Waals surface area contributed by atoms with Gasteiger partial charge < -0.3 is 19.5 Å².